The molecule has 1 aliphatic heterocycles. The monoisotopic (exact) mass is 363 g/mol. The molecule has 0 bridgehead atoms. The second kappa shape index (κ2) is 7.66. The van der Waals surface area contributed by atoms with Gasteiger partial charge < -0.3 is 9.64 Å². The van der Waals surface area contributed by atoms with Crippen LogP contribution in [0.3, 0.4) is 0 Å². The predicted molar refractivity (Wildman–Crippen MR) is 99.6 cm³/mol. The van der Waals surface area contributed by atoms with Crippen molar-refractivity contribution in [3.8, 4) is 0 Å². The highest BCUT2D eigenvalue weighted by Gasteiger charge is 2.23. The van der Waals surface area contributed by atoms with E-state index in [0.29, 0.717) is 28.2 Å². The van der Waals surface area contributed by atoms with Crippen molar-refractivity contribution in [1.82, 2.24) is 14.5 Å². The van der Waals surface area contributed by atoms with Gasteiger partial charge in [0, 0.05) is 40.3 Å². The van der Waals surface area contributed by atoms with E-state index in [-0.39, 0.29) is 11.5 Å². The van der Waals surface area contributed by atoms with E-state index in [4.69, 9.17) is 9.72 Å². The zero-order valence-corrected chi connectivity index (χ0v) is 15.9. The third-order valence-electron chi connectivity index (χ3n) is 4.79. The van der Waals surface area contributed by atoms with Crippen LogP contribution >= 0.6 is 11.3 Å². The summed E-state index contributed by atoms with van der Waals surface area (Å²) in [7, 11) is 3.44. The fourth-order valence-electron chi connectivity index (χ4n) is 3.33. The van der Waals surface area contributed by atoms with Gasteiger partial charge >= 0.3 is 0 Å². The fraction of sp³-hybridized carbons (Fsp3) is 0.611. The molecule has 1 amide bonds. The first-order valence-corrected chi connectivity index (χ1v) is 9.63. The Morgan fingerprint density at radius 3 is 2.92 bits per heavy atom. The highest BCUT2D eigenvalue weighted by atomic mass is 32.1. The van der Waals surface area contributed by atoms with Gasteiger partial charge in [-0.05, 0) is 31.7 Å². The number of hydrogen-bond donors (Lipinski definition) is 0. The van der Waals surface area contributed by atoms with Crippen molar-refractivity contribution < 1.29 is 9.53 Å². The first kappa shape index (κ1) is 18.1. The summed E-state index contributed by atoms with van der Waals surface area (Å²) in [5, 5.41) is 0.615. The number of thiophene rings is 1. The Bertz CT molecular complexity index is 840. The van der Waals surface area contributed by atoms with Gasteiger partial charge in [0.25, 0.3) is 11.5 Å². The summed E-state index contributed by atoms with van der Waals surface area (Å²) in [6.45, 7) is 3.84. The van der Waals surface area contributed by atoms with Crippen molar-refractivity contribution in [2.24, 2.45) is 0 Å². The molecule has 0 saturated heterocycles. The van der Waals surface area contributed by atoms with Gasteiger partial charge in [-0.1, -0.05) is 6.42 Å². The lowest BCUT2D eigenvalue weighted by Crippen LogP contribution is -2.28. The number of hydrogen-bond acceptors (Lipinski definition) is 5. The maximum atomic E-state index is 13.0. The van der Waals surface area contributed by atoms with Crippen LogP contribution in [-0.2, 0) is 17.7 Å². The molecule has 0 spiro atoms. The standard InChI is InChI=1S/C18H25N3O3S/c1-12-14-16(19-13-8-5-4-6-10-21(13)17(14)22)25-15(12)18(23)20(2)9-7-11-24-3/h4-11H2,1-3H3. The minimum Gasteiger partial charge on any atom is -0.385 e. The average Bonchev–Trinajstić information content (AvgIpc) is 2.77. The average molecular weight is 363 g/mol. The Labute approximate surface area is 151 Å². The summed E-state index contributed by atoms with van der Waals surface area (Å²) in [5.74, 6) is 0.819. The fourth-order valence-corrected chi connectivity index (χ4v) is 4.52. The molecule has 0 radical (unpaired) electrons. The lowest BCUT2D eigenvalue weighted by Gasteiger charge is -2.16. The molecule has 3 rings (SSSR count). The minimum absolute atomic E-state index is 0.0109. The van der Waals surface area contributed by atoms with Crippen LogP contribution in [0.25, 0.3) is 10.2 Å². The van der Waals surface area contributed by atoms with Crippen LogP contribution in [0.1, 0.15) is 46.7 Å². The number of aromatic nitrogens is 2. The highest BCUT2D eigenvalue weighted by Crippen LogP contribution is 2.29. The van der Waals surface area contributed by atoms with E-state index in [1.54, 1.807) is 19.1 Å². The van der Waals surface area contributed by atoms with E-state index in [1.165, 1.54) is 11.3 Å². The minimum atomic E-state index is -0.0452. The first-order chi connectivity index (χ1) is 12.0. The van der Waals surface area contributed by atoms with E-state index in [1.807, 2.05) is 11.5 Å². The van der Waals surface area contributed by atoms with Crippen LogP contribution in [0.5, 0.6) is 0 Å². The summed E-state index contributed by atoms with van der Waals surface area (Å²) in [5.41, 5.74) is 0.775. The molecule has 6 nitrogen and oxygen atoms in total. The van der Waals surface area contributed by atoms with E-state index in [9.17, 15) is 9.59 Å². The van der Waals surface area contributed by atoms with E-state index in [2.05, 4.69) is 0 Å². The summed E-state index contributed by atoms with van der Waals surface area (Å²) >= 11 is 1.35. The van der Waals surface area contributed by atoms with Gasteiger partial charge in [-0.25, -0.2) is 4.98 Å². The van der Waals surface area contributed by atoms with Gasteiger partial charge in [0.15, 0.2) is 0 Å². The molecule has 0 N–H and O–H groups in total. The van der Waals surface area contributed by atoms with Crippen molar-refractivity contribution in [2.75, 3.05) is 27.3 Å². The van der Waals surface area contributed by atoms with Crippen LogP contribution in [0, 0.1) is 6.92 Å². The Kier molecular flexibility index (Phi) is 5.54. The van der Waals surface area contributed by atoms with Crippen molar-refractivity contribution in [1.29, 1.82) is 0 Å². The van der Waals surface area contributed by atoms with E-state index < -0.39 is 0 Å². The maximum Gasteiger partial charge on any atom is 0.264 e. The highest BCUT2D eigenvalue weighted by molar-refractivity contribution is 7.20. The third kappa shape index (κ3) is 3.48. The molecule has 0 saturated carbocycles. The van der Waals surface area contributed by atoms with Gasteiger partial charge in [-0.15, -0.1) is 11.3 Å². The molecular weight excluding hydrogens is 338 g/mol. The van der Waals surface area contributed by atoms with Crippen LogP contribution in [0.2, 0.25) is 0 Å². The van der Waals surface area contributed by atoms with Gasteiger partial charge in [0.05, 0.1) is 10.3 Å². The summed E-state index contributed by atoms with van der Waals surface area (Å²) in [6, 6.07) is 0. The van der Waals surface area contributed by atoms with Crippen molar-refractivity contribution in [3.63, 3.8) is 0 Å². The maximum absolute atomic E-state index is 13.0. The Morgan fingerprint density at radius 1 is 1.36 bits per heavy atom. The number of nitrogens with zero attached hydrogens (tertiary/aromatic N) is 3. The lowest BCUT2D eigenvalue weighted by atomic mass is 10.2. The Morgan fingerprint density at radius 2 is 2.16 bits per heavy atom. The van der Waals surface area contributed by atoms with Crippen molar-refractivity contribution >= 4 is 27.5 Å². The predicted octanol–water partition coefficient (Wildman–Crippen LogP) is 2.60. The number of amides is 1. The third-order valence-corrected chi connectivity index (χ3v) is 5.97. The van der Waals surface area contributed by atoms with E-state index >= 15 is 0 Å². The molecule has 7 heteroatoms. The zero-order valence-electron chi connectivity index (χ0n) is 15.1. The summed E-state index contributed by atoms with van der Waals surface area (Å²) in [6.07, 6.45) is 4.83. The van der Waals surface area contributed by atoms with Gasteiger partial charge in [0.1, 0.15) is 10.7 Å². The number of fused-ring (bicyclic) bond motifs is 2. The molecule has 2 aromatic rings. The molecule has 0 aliphatic carbocycles. The quantitative estimate of drug-likeness (QED) is 0.766. The molecule has 136 valence electrons. The first-order valence-electron chi connectivity index (χ1n) is 8.81. The molecule has 0 unspecified atom stereocenters. The van der Waals surface area contributed by atoms with Gasteiger partial charge in [-0.3, -0.25) is 14.2 Å². The SMILES string of the molecule is COCCCN(C)C(=O)c1sc2nc3n(c(=O)c2c1C)CCCCC3. The van der Waals surface area contributed by atoms with Crippen LogP contribution in [-0.4, -0.2) is 47.7 Å². The molecule has 3 heterocycles. The summed E-state index contributed by atoms with van der Waals surface area (Å²) in [4.78, 5) is 33.5. The number of carbonyl (C=O) groups excluding carboxylic acids is 1. The molecule has 25 heavy (non-hydrogen) atoms. The van der Waals surface area contributed by atoms with Crippen LogP contribution in [0.4, 0.5) is 0 Å². The Balaban J connectivity index is 1.98. The molecule has 1 aliphatic rings. The number of carbonyl (C=O) groups is 1. The summed E-state index contributed by atoms with van der Waals surface area (Å²) < 4.78 is 6.85. The van der Waals surface area contributed by atoms with E-state index in [0.717, 1.165) is 50.0 Å². The molecule has 2 aromatic heterocycles. The van der Waals surface area contributed by atoms with Gasteiger partial charge in [-0.2, -0.15) is 0 Å². The topological polar surface area (TPSA) is 64.4 Å². The largest absolute Gasteiger partial charge is 0.385 e. The second-order valence-corrected chi connectivity index (χ2v) is 7.60. The second-order valence-electron chi connectivity index (χ2n) is 6.60. The number of ether oxygens (including phenoxy) is 1. The van der Waals surface area contributed by atoms with Crippen LogP contribution < -0.4 is 5.56 Å². The van der Waals surface area contributed by atoms with Gasteiger partial charge in [0.2, 0.25) is 0 Å². The smallest absolute Gasteiger partial charge is 0.264 e. The number of methoxy groups -OCH3 is 1. The van der Waals surface area contributed by atoms with Crippen molar-refractivity contribution in [3.05, 3.63) is 26.6 Å². The molecule has 0 aromatic carbocycles. The number of aryl methyl sites for hydroxylation is 2. The lowest BCUT2D eigenvalue weighted by molar-refractivity contribution is 0.0783. The van der Waals surface area contributed by atoms with Crippen LogP contribution in [0.15, 0.2) is 4.79 Å². The molecular formula is C18H25N3O3S. The Hall–Kier alpha value is -1.73. The van der Waals surface area contributed by atoms with Crippen molar-refractivity contribution in [2.45, 2.75) is 45.6 Å². The zero-order chi connectivity index (χ0) is 18.0. The number of rotatable bonds is 5. The molecule has 0 fully saturated rings. The molecule has 0 atom stereocenters. The normalized spacial score (nSPS) is 14.4.